The van der Waals surface area contributed by atoms with E-state index in [4.69, 9.17) is 4.74 Å². The van der Waals surface area contributed by atoms with Crippen molar-refractivity contribution in [2.45, 2.75) is 26.2 Å². The maximum absolute atomic E-state index is 5.34. The van der Waals surface area contributed by atoms with Crippen LogP contribution in [-0.2, 0) is 5.41 Å². The van der Waals surface area contributed by atoms with Crippen LogP contribution in [0.15, 0.2) is 48.5 Å². The molecule has 0 amide bonds. The molecule has 0 saturated heterocycles. The fraction of sp³-hybridized carbons (Fsp3) is 0.294. The lowest BCUT2D eigenvalue weighted by molar-refractivity contribution is 0.414. The molecular weight excluding hydrogens is 220 g/mol. The Morgan fingerprint density at radius 1 is 0.889 bits per heavy atom. The van der Waals surface area contributed by atoms with E-state index in [1.807, 2.05) is 12.1 Å². The molecule has 0 aliphatic heterocycles. The van der Waals surface area contributed by atoms with Gasteiger partial charge in [-0.15, -0.1) is 0 Å². The minimum atomic E-state index is 0.122. The van der Waals surface area contributed by atoms with Gasteiger partial charge in [-0.25, -0.2) is 0 Å². The molecule has 0 unspecified atom stereocenters. The third-order valence-corrected chi connectivity index (χ3v) is 3.12. The number of benzene rings is 2. The highest BCUT2D eigenvalue weighted by atomic mass is 16.5. The van der Waals surface area contributed by atoms with Crippen LogP contribution >= 0.6 is 0 Å². The van der Waals surface area contributed by atoms with E-state index < -0.39 is 0 Å². The summed E-state index contributed by atoms with van der Waals surface area (Å²) in [7, 11) is 1.71. The molecule has 0 atom stereocenters. The Labute approximate surface area is 109 Å². The average Bonchev–Trinajstić information content (AvgIpc) is 2.38. The normalized spacial score (nSPS) is 11.3. The van der Waals surface area contributed by atoms with Crippen molar-refractivity contribution in [3.8, 4) is 16.9 Å². The largest absolute Gasteiger partial charge is 0.497 e. The fourth-order valence-corrected chi connectivity index (χ4v) is 2.16. The topological polar surface area (TPSA) is 9.23 Å². The molecule has 2 aromatic carbocycles. The quantitative estimate of drug-likeness (QED) is 0.741. The van der Waals surface area contributed by atoms with Crippen LogP contribution in [0.5, 0.6) is 5.75 Å². The summed E-state index contributed by atoms with van der Waals surface area (Å²) in [4.78, 5) is 0. The SMILES string of the molecule is COc1ccc(C(C)(C)C)c(-c2ccccc2)c1. The molecule has 1 nitrogen and oxygen atoms in total. The zero-order valence-corrected chi connectivity index (χ0v) is 11.5. The number of rotatable bonds is 2. The molecule has 0 aliphatic carbocycles. The molecule has 0 radical (unpaired) electrons. The first-order valence-electron chi connectivity index (χ1n) is 6.26. The highest BCUT2D eigenvalue weighted by molar-refractivity contribution is 5.70. The molecule has 18 heavy (non-hydrogen) atoms. The van der Waals surface area contributed by atoms with Gasteiger partial charge in [0.05, 0.1) is 7.11 Å². The van der Waals surface area contributed by atoms with Gasteiger partial charge >= 0.3 is 0 Å². The van der Waals surface area contributed by atoms with Crippen LogP contribution < -0.4 is 4.74 Å². The second-order valence-corrected chi connectivity index (χ2v) is 5.53. The molecule has 2 rings (SSSR count). The van der Waals surface area contributed by atoms with Crippen molar-refractivity contribution in [3.63, 3.8) is 0 Å². The van der Waals surface area contributed by atoms with E-state index in [9.17, 15) is 0 Å². The summed E-state index contributed by atoms with van der Waals surface area (Å²) in [6.45, 7) is 6.71. The van der Waals surface area contributed by atoms with E-state index in [-0.39, 0.29) is 5.41 Å². The summed E-state index contributed by atoms with van der Waals surface area (Å²) in [6.07, 6.45) is 0. The minimum absolute atomic E-state index is 0.122. The fourth-order valence-electron chi connectivity index (χ4n) is 2.16. The average molecular weight is 240 g/mol. The van der Waals surface area contributed by atoms with Crippen molar-refractivity contribution in [1.82, 2.24) is 0 Å². The van der Waals surface area contributed by atoms with Crippen molar-refractivity contribution in [3.05, 3.63) is 54.1 Å². The van der Waals surface area contributed by atoms with Gasteiger partial charge < -0.3 is 4.74 Å². The van der Waals surface area contributed by atoms with Crippen molar-refractivity contribution in [2.75, 3.05) is 7.11 Å². The summed E-state index contributed by atoms with van der Waals surface area (Å²) >= 11 is 0. The Hall–Kier alpha value is -1.76. The van der Waals surface area contributed by atoms with E-state index in [1.165, 1.54) is 16.7 Å². The lowest BCUT2D eigenvalue weighted by Gasteiger charge is -2.23. The Balaban J connectivity index is 2.62. The van der Waals surface area contributed by atoms with E-state index in [0.29, 0.717) is 0 Å². The first kappa shape index (κ1) is 12.7. The molecule has 94 valence electrons. The van der Waals surface area contributed by atoms with E-state index in [1.54, 1.807) is 7.11 Å². The molecule has 0 spiro atoms. The van der Waals surface area contributed by atoms with Crippen molar-refractivity contribution in [2.24, 2.45) is 0 Å². The minimum Gasteiger partial charge on any atom is -0.497 e. The summed E-state index contributed by atoms with van der Waals surface area (Å²) in [5.41, 5.74) is 3.95. The summed E-state index contributed by atoms with van der Waals surface area (Å²) in [6, 6.07) is 16.8. The van der Waals surface area contributed by atoms with Gasteiger partial charge in [0.2, 0.25) is 0 Å². The lowest BCUT2D eigenvalue weighted by Crippen LogP contribution is -2.12. The zero-order chi connectivity index (χ0) is 13.2. The maximum atomic E-state index is 5.34. The van der Waals surface area contributed by atoms with Gasteiger partial charge in [-0.3, -0.25) is 0 Å². The number of hydrogen-bond acceptors (Lipinski definition) is 1. The first-order valence-corrected chi connectivity index (χ1v) is 6.26. The van der Waals surface area contributed by atoms with Gasteiger partial charge in [0, 0.05) is 0 Å². The van der Waals surface area contributed by atoms with Gasteiger partial charge in [0.25, 0.3) is 0 Å². The van der Waals surface area contributed by atoms with Crippen molar-refractivity contribution >= 4 is 0 Å². The highest BCUT2D eigenvalue weighted by Gasteiger charge is 2.19. The first-order chi connectivity index (χ1) is 8.52. The van der Waals surface area contributed by atoms with Gasteiger partial charge in [0.1, 0.15) is 5.75 Å². The smallest absolute Gasteiger partial charge is 0.119 e. The van der Waals surface area contributed by atoms with Crippen LogP contribution in [0.25, 0.3) is 11.1 Å². The Kier molecular flexibility index (Phi) is 3.42. The predicted molar refractivity (Wildman–Crippen MR) is 77.1 cm³/mol. The van der Waals surface area contributed by atoms with Gasteiger partial charge in [0.15, 0.2) is 0 Å². The van der Waals surface area contributed by atoms with Crippen LogP contribution in [0.3, 0.4) is 0 Å². The number of hydrogen-bond donors (Lipinski definition) is 0. The van der Waals surface area contributed by atoms with Crippen LogP contribution in [0, 0.1) is 0 Å². The standard InChI is InChI=1S/C17H20O/c1-17(2,3)16-11-10-14(18-4)12-15(16)13-8-6-5-7-9-13/h5-12H,1-4H3. The summed E-state index contributed by atoms with van der Waals surface area (Å²) in [5.74, 6) is 0.904. The second-order valence-electron chi connectivity index (χ2n) is 5.53. The monoisotopic (exact) mass is 240 g/mol. The van der Waals surface area contributed by atoms with Crippen LogP contribution in [-0.4, -0.2) is 7.11 Å². The van der Waals surface area contributed by atoms with Crippen LogP contribution in [0.2, 0.25) is 0 Å². The molecule has 0 heterocycles. The molecular formula is C17H20O. The molecule has 0 fully saturated rings. The van der Waals surface area contributed by atoms with Gasteiger partial charge in [-0.2, -0.15) is 0 Å². The van der Waals surface area contributed by atoms with E-state index in [0.717, 1.165) is 5.75 Å². The summed E-state index contributed by atoms with van der Waals surface area (Å²) < 4.78 is 5.34. The summed E-state index contributed by atoms with van der Waals surface area (Å²) in [5, 5.41) is 0. The molecule has 1 heteroatoms. The highest BCUT2D eigenvalue weighted by Crippen LogP contribution is 2.35. The molecule has 0 N–H and O–H groups in total. The predicted octanol–water partition coefficient (Wildman–Crippen LogP) is 4.66. The lowest BCUT2D eigenvalue weighted by atomic mass is 9.82. The molecule has 2 aromatic rings. The van der Waals surface area contributed by atoms with Gasteiger partial charge in [-0.1, -0.05) is 57.2 Å². The van der Waals surface area contributed by atoms with Crippen LogP contribution in [0.4, 0.5) is 0 Å². The third-order valence-electron chi connectivity index (χ3n) is 3.12. The van der Waals surface area contributed by atoms with E-state index >= 15 is 0 Å². The van der Waals surface area contributed by atoms with Gasteiger partial charge in [-0.05, 0) is 34.2 Å². The molecule has 0 bridgehead atoms. The second kappa shape index (κ2) is 4.85. The van der Waals surface area contributed by atoms with Crippen molar-refractivity contribution < 1.29 is 4.74 Å². The Morgan fingerprint density at radius 2 is 1.56 bits per heavy atom. The molecule has 0 aromatic heterocycles. The Morgan fingerprint density at radius 3 is 2.11 bits per heavy atom. The number of methoxy groups -OCH3 is 1. The molecule has 0 aliphatic rings. The number of ether oxygens (including phenoxy) is 1. The maximum Gasteiger partial charge on any atom is 0.119 e. The van der Waals surface area contributed by atoms with Crippen LogP contribution in [0.1, 0.15) is 26.3 Å². The Bertz CT molecular complexity index is 521. The van der Waals surface area contributed by atoms with Crippen molar-refractivity contribution in [1.29, 1.82) is 0 Å². The van der Waals surface area contributed by atoms with E-state index in [2.05, 4.69) is 57.2 Å². The zero-order valence-electron chi connectivity index (χ0n) is 11.5. The molecule has 0 saturated carbocycles. The third kappa shape index (κ3) is 2.56.